The van der Waals surface area contributed by atoms with Gasteiger partial charge in [0, 0.05) is 13.5 Å². The van der Waals surface area contributed by atoms with E-state index in [1.54, 1.807) is 0 Å². The number of nitrogens with zero attached hydrogens (tertiary/aromatic N) is 1. The SMILES string of the molecule is CC(C)CC(CN)CC(=O)N(C)CC(F)F. The van der Waals surface area contributed by atoms with Gasteiger partial charge < -0.3 is 10.6 Å². The smallest absolute Gasteiger partial charge is 0.255 e. The lowest BCUT2D eigenvalue weighted by Crippen LogP contribution is -2.34. The molecular weight excluding hydrogens is 214 g/mol. The summed E-state index contributed by atoms with van der Waals surface area (Å²) in [5.41, 5.74) is 5.55. The molecule has 16 heavy (non-hydrogen) atoms. The van der Waals surface area contributed by atoms with E-state index in [9.17, 15) is 13.6 Å². The van der Waals surface area contributed by atoms with E-state index in [1.807, 2.05) is 0 Å². The highest BCUT2D eigenvalue weighted by atomic mass is 19.3. The molecule has 0 saturated heterocycles. The molecule has 96 valence electrons. The van der Waals surface area contributed by atoms with Crippen LogP contribution in [0.2, 0.25) is 0 Å². The van der Waals surface area contributed by atoms with Crippen LogP contribution in [0.15, 0.2) is 0 Å². The Balaban J connectivity index is 4.08. The summed E-state index contributed by atoms with van der Waals surface area (Å²) < 4.78 is 24.1. The molecule has 1 atom stereocenters. The van der Waals surface area contributed by atoms with Crippen LogP contribution >= 0.6 is 0 Å². The number of carbonyl (C=O) groups excluding carboxylic acids is 1. The Morgan fingerprint density at radius 3 is 2.31 bits per heavy atom. The summed E-state index contributed by atoms with van der Waals surface area (Å²) in [7, 11) is 1.40. The number of hydrogen-bond donors (Lipinski definition) is 1. The van der Waals surface area contributed by atoms with Gasteiger partial charge in [0.15, 0.2) is 0 Å². The van der Waals surface area contributed by atoms with E-state index in [-0.39, 0.29) is 18.2 Å². The van der Waals surface area contributed by atoms with Crippen molar-refractivity contribution in [3.63, 3.8) is 0 Å². The number of alkyl halides is 2. The fourth-order valence-electron chi connectivity index (χ4n) is 1.64. The second-order valence-corrected chi connectivity index (χ2v) is 4.60. The van der Waals surface area contributed by atoms with E-state index in [0.29, 0.717) is 12.5 Å². The maximum Gasteiger partial charge on any atom is 0.255 e. The molecule has 0 aromatic rings. The van der Waals surface area contributed by atoms with Gasteiger partial charge in [0.25, 0.3) is 6.43 Å². The van der Waals surface area contributed by atoms with Crippen molar-refractivity contribution in [3.05, 3.63) is 0 Å². The van der Waals surface area contributed by atoms with Gasteiger partial charge in [0.2, 0.25) is 5.91 Å². The van der Waals surface area contributed by atoms with Crippen LogP contribution in [0.1, 0.15) is 26.7 Å². The number of rotatable bonds is 7. The molecule has 0 aliphatic heterocycles. The van der Waals surface area contributed by atoms with Crippen LogP contribution in [0.3, 0.4) is 0 Å². The normalized spacial score (nSPS) is 13.2. The fraction of sp³-hybridized carbons (Fsp3) is 0.909. The van der Waals surface area contributed by atoms with Crippen LogP contribution in [-0.4, -0.2) is 37.4 Å². The van der Waals surface area contributed by atoms with Gasteiger partial charge in [-0.25, -0.2) is 8.78 Å². The molecule has 0 aromatic carbocycles. The summed E-state index contributed by atoms with van der Waals surface area (Å²) in [6.07, 6.45) is -1.36. The van der Waals surface area contributed by atoms with E-state index in [2.05, 4.69) is 13.8 Å². The van der Waals surface area contributed by atoms with Crippen LogP contribution in [0.4, 0.5) is 8.78 Å². The van der Waals surface area contributed by atoms with Crippen molar-refractivity contribution in [3.8, 4) is 0 Å². The average Bonchev–Trinajstić information content (AvgIpc) is 2.14. The maximum atomic E-state index is 12.1. The predicted octanol–water partition coefficient (Wildman–Crippen LogP) is 1.72. The number of carbonyl (C=O) groups is 1. The van der Waals surface area contributed by atoms with Crippen molar-refractivity contribution in [1.29, 1.82) is 0 Å². The third-order valence-corrected chi connectivity index (χ3v) is 2.44. The quantitative estimate of drug-likeness (QED) is 0.731. The molecule has 0 aliphatic rings. The van der Waals surface area contributed by atoms with Gasteiger partial charge in [-0.15, -0.1) is 0 Å². The molecule has 0 radical (unpaired) electrons. The van der Waals surface area contributed by atoms with Gasteiger partial charge in [-0.2, -0.15) is 0 Å². The first-order valence-corrected chi connectivity index (χ1v) is 5.59. The standard InChI is InChI=1S/C11H22F2N2O/c1-8(2)4-9(6-14)5-11(16)15(3)7-10(12)13/h8-10H,4-7,14H2,1-3H3. The molecule has 0 saturated carbocycles. The molecule has 0 spiro atoms. The number of hydrogen-bond acceptors (Lipinski definition) is 2. The van der Waals surface area contributed by atoms with E-state index in [1.165, 1.54) is 7.05 Å². The lowest BCUT2D eigenvalue weighted by molar-refractivity contribution is -0.132. The average molecular weight is 236 g/mol. The zero-order valence-corrected chi connectivity index (χ0v) is 10.2. The lowest BCUT2D eigenvalue weighted by Gasteiger charge is -2.21. The molecule has 5 heteroatoms. The minimum atomic E-state index is -2.48. The predicted molar refractivity (Wildman–Crippen MR) is 60.3 cm³/mol. The van der Waals surface area contributed by atoms with Crippen LogP contribution < -0.4 is 5.73 Å². The zero-order valence-electron chi connectivity index (χ0n) is 10.2. The Labute approximate surface area is 96.0 Å². The first-order chi connectivity index (χ1) is 7.36. The van der Waals surface area contributed by atoms with Crippen LogP contribution in [0.5, 0.6) is 0 Å². The first-order valence-electron chi connectivity index (χ1n) is 5.59. The molecule has 1 amide bonds. The van der Waals surface area contributed by atoms with Crippen molar-refractivity contribution in [1.82, 2.24) is 4.90 Å². The highest BCUT2D eigenvalue weighted by Gasteiger charge is 2.18. The molecule has 0 bridgehead atoms. The Kier molecular flexibility index (Phi) is 7.21. The van der Waals surface area contributed by atoms with E-state index in [0.717, 1.165) is 11.3 Å². The van der Waals surface area contributed by atoms with Gasteiger partial charge >= 0.3 is 0 Å². The highest BCUT2D eigenvalue weighted by Crippen LogP contribution is 2.15. The van der Waals surface area contributed by atoms with Crippen molar-refractivity contribution in [2.24, 2.45) is 17.6 Å². The van der Waals surface area contributed by atoms with Gasteiger partial charge in [0.05, 0.1) is 6.54 Å². The Morgan fingerprint density at radius 2 is 1.94 bits per heavy atom. The monoisotopic (exact) mass is 236 g/mol. The number of amides is 1. The second-order valence-electron chi connectivity index (χ2n) is 4.60. The minimum Gasteiger partial charge on any atom is -0.340 e. The third kappa shape index (κ3) is 6.71. The third-order valence-electron chi connectivity index (χ3n) is 2.44. The Bertz CT molecular complexity index is 210. The fourth-order valence-corrected chi connectivity index (χ4v) is 1.64. The van der Waals surface area contributed by atoms with Crippen molar-refractivity contribution in [2.45, 2.75) is 33.1 Å². The number of nitrogens with two attached hydrogens (primary N) is 1. The molecule has 0 heterocycles. The summed E-state index contributed by atoms with van der Waals surface area (Å²) in [5, 5.41) is 0. The van der Waals surface area contributed by atoms with Crippen molar-refractivity contribution >= 4 is 5.91 Å². The summed E-state index contributed by atoms with van der Waals surface area (Å²) in [6.45, 7) is 4.02. The maximum absolute atomic E-state index is 12.1. The summed E-state index contributed by atoms with van der Waals surface area (Å²) in [6, 6.07) is 0. The highest BCUT2D eigenvalue weighted by molar-refractivity contribution is 5.76. The van der Waals surface area contributed by atoms with E-state index >= 15 is 0 Å². The van der Waals surface area contributed by atoms with Gasteiger partial charge in [-0.05, 0) is 24.8 Å². The Hall–Kier alpha value is -0.710. The molecule has 0 aliphatic carbocycles. The largest absolute Gasteiger partial charge is 0.340 e. The van der Waals surface area contributed by atoms with Crippen molar-refractivity contribution in [2.75, 3.05) is 20.1 Å². The van der Waals surface area contributed by atoms with Crippen molar-refractivity contribution < 1.29 is 13.6 Å². The molecule has 0 rings (SSSR count). The summed E-state index contributed by atoms with van der Waals surface area (Å²) in [4.78, 5) is 12.6. The van der Waals surface area contributed by atoms with E-state index < -0.39 is 13.0 Å². The number of halogens is 2. The molecular formula is C11H22F2N2O. The van der Waals surface area contributed by atoms with E-state index in [4.69, 9.17) is 5.73 Å². The van der Waals surface area contributed by atoms with Crippen LogP contribution in [-0.2, 0) is 4.79 Å². The first kappa shape index (κ1) is 15.3. The molecule has 0 aromatic heterocycles. The van der Waals surface area contributed by atoms with Crippen LogP contribution in [0, 0.1) is 11.8 Å². The molecule has 2 N–H and O–H groups in total. The molecule has 1 unspecified atom stereocenters. The zero-order chi connectivity index (χ0) is 12.7. The van der Waals surface area contributed by atoms with Gasteiger partial charge in [-0.3, -0.25) is 4.79 Å². The molecule has 0 fully saturated rings. The van der Waals surface area contributed by atoms with Crippen LogP contribution in [0.25, 0.3) is 0 Å². The topological polar surface area (TPSA) is 46.3 Å². The summed E-state index contributed by atoms with van der Waals surface area (Å²) in [5.74, 6) is 0.297. The second kappa shape index (κ2) is 7.54. The lowest BCUT2D eigenvalue weighted by atomic mass is 9.94. The van der Waals surface area contributed by atoms with Gasteiger partial charge in [-0.1, -0.05) is 13.8 Å². The summed E-state index contributed by atoms with van der Waals surface area (Å²) >= 11 is 0. The molecule has 3 nitrogen and oxygen atoms in total. The Morgan fingerprint density at radius 1 is 1.38 bits per heavy atom. The van der Waals surface area contributed by atoms with Gasteiger partial charge in [0.1, 0.15) is 0 Å². The minimum absolute atomic E-state index is 0.0904.